The van der Waals surface area contributed by atoms with Gasteiger partial charge in [0.2, 0.25) is 12.1 Å². The number of aliphatic imine (C=N–C) groups is 1. The smallest absolute Gasteiger partial charge is 0.236 e. The van der Waals surface area contributed by atoms with E-state index in [2.05, 4.69) is 4.99 Å². The van der Waals surface area contributed by atoms with Gasteiger partial charge in [-0.3, -0.25) is 4.79 Å². The van der Waals surface area contributed by atoms with Gasteiger partial charge in [-0.1, -0.05) is 18.2 Å². The van der Waals surface area contributed by atoms with E-state index < -0.39 is 0 Å². The summed E-state index contributed by atoms with van der Waals surface area (Å²) in [5, 5.41) is 8.59. The van der Waals surface area contributed by atoms with E-state index in [-0.39, 0.29) is 11.7 Å². The lowest BCUT2D eigenvalue weighted by atomic mass is 10.2. The molecule has 0 bridgehead atoms. The van der Waals surface area contributed by atoms with Crippen molar-refractivity contribution in [3.05, 3.63) is 47.7 Å². The Morgan fingerprint density at radius 3 is 2.53 bits per heavy atom. The molecule has 0 unspecified atom stereocenters. The minimum absolute atomic E-state index is 0.119. The summed E-state index contributed by atoms with van der Waals surface area (Å²) in [6.07, 6.45) is 3.02. The SMILES string of the molecule is CC(=O)/C=C(\C)OC(=NC#N)c1ccccc1. The van der Waals surface area contributed by atoms with Crippen LogP contribution in [0.5, 0.6) is 0 Å². The average molecular weight is 228 g/mol. The lowest BCUT2D eigenvalue weighted by molar-refractivity contribution is -0.112. The summed E-state index contributed by atoms with van der Waals surface area (Å²) >= 11 is 0. The van der Waals surface area contributed by atoms with Crippen LogP contribution in [0.1, 0.15) is 19.4 Å². The molecule has 0 aliphatic heterocycles. The molecule has 17 heavy (non-hydrogen) atoms. The van der Waals surface area contributed by atoms with Crippen molar-refractivity contribution in [2.24, 2.45) is 4.99 Å². The second kappa shape index (κ2) is 6.23. The number of nitriles is 1. The van der Waals surface area contributed by atoms with E-state index in [1.807, 2.05) is 18.2 Å². The minimum atomic E-state index is -0.119. The van der Waals surface area contributed by atoms with Gasteiger partial charge in [0.15, 0.2) is 5.78 Å². The Morgan fingerprint density at radius 2 is 2.00 bits per heavy atom. The number of benzene rings is 1. The Hall–Kier alpha value is -2.41. The molecule has 0 aliphatic carbocycles. The van der Waals surface area contributed by atoms with Gasteiger partial charge in [-0.15, -0.1) is 4.99 Å². The molecule has 86 valence electrons. The molecule has 1 aromatic carbocycles. The maximum absolute atomic E-state index is 10.9. The van der Waals surface area contributed by atoms with Crippen molar-refractivity contribution < 1.29 is 9.53 Å². The number of carbonyl (C=O) groups is 1. The third-order valence-corrected chi connectivity index (χ3v) is 1.84. The van der Waals surface area contributed by atoms with Gasteiger partial charge in [0.25, 0.3) is 0 Å². The molecule has 0 amide bonds. The van der Waals surface area contributed by atoms with E-state index in [9.17, 15) is 4.79 Å². The molecule has 0 aliphatic rings. The van der Waals surface area contributed by atoms with Crippen LogP contribution in [-0.4, -0.2) is 11.7 Å². The Morgan fingerprint density at radius 1 is 1.35 bits per heavy atom. The van der Waals surface area contributed by atoms with E-state index in [1.54, 1.807) is 25.2 Å². The van der Waals surface area contributed by atoms with Gasteiger partial charge in [0, 0.05) is 11.6 Å². The van der Waals surface area contributed by atoms with Crippen molar-refractivity contribution in [3.63, 3.8) is 0 Å². The fourth-order valence-corrected chi connectivity index (χ4v) is 1.24. The van der Waals surface area contributed by atoms with Crippen molar-refractivity contribution in [2.45, 2.75) is 13.8 Å². The molecule has 0 radical (unpaired) electrons. The van der Waals surface area contributed by atoms with Crippen LogP contribution < -0.4 is 0 Å². The first kappa shape index (κ1) is 12.7. The first-order valence-corrected chi connectivity index (χ1v) is 5.02. The summed E-state index contributed by atoms with van der Waals surface area (Å²) in [7, 11) is 0. The van der Waals surface area contributed by atoms with Gasteiger partial charge >= 0.3 is 0 Å². The van der Waals surface area contributed by atoms with Gasteiger partial charge in [-0.25, -0.2) is 0 Å². The fraction of sp³-hybridized carbons (Fsp3) is 0.154. The average Bonchev–Trinajstić information content (AvgIpc) is 2.28. The predicted molar refractivity (Wildman–Crippen MR) is 64.1 cm³/mol. The molecule has 0 spiro atoms. The highest BCUT2D eigenvalue weighted by atomic mass is 16.5. The summed E-state index contributed by atoms with van der Waals surface area (Å²) < 4.78 is 5.36. The molecule has 0 saturated heterocycles. The van der Waals surface area contributed by atoms with Crippen LogP contribution in [-0.2, 0) is 9.53 Å². The summed E-state index contributed by atoms with van der Waals surface area (Å²) in [6.45, 7) is 3.06. The minimum Gasteiger partial charge on any atom is -0.442 e. The molecule has 0 fully saturated rings. The standard InChI is InChI=1S/C13H12N2O2/c1-10(16)8-11(2)17-13(15-9-14)12-6-4-3-5-7-12/h3-8H,1-2H3/b11-8+,15-13?. The number of hydrogen-bond donors (Lipinski definition) is 0. The van der Waals surface area contributed by atoms with Crippen molar-refractivity contribution >= 4 is 11.7 Å². The number of hydrogen-bond acceptors (Lipinski definition) is 4. The van der Waals surface area contributed by atoms with Crippen LogP contribution in [0.15, 0.2) is 47.2 Å². The zero-order valence-corrected chi connectivity index (χ0v) is 9.68. The number of nitrogens with zero attached hydrogens (tertiary/aromatic N) is 2. The number of carbonyl (C=O) groups excluding carboxylic acids is 1. The molecule has 4 nitrogen and oxygen atoms in total. The second-order valence-electron chi connectivity index (χ2n) is 3.35. The van der Waals surface area contributed by atoms with Crippen molar-refractivity contribution in [1.29, 1.82) is 5.26 Å². The zero-order chi connectivity index (χ0) is 12.7. The summed E-state index contributed by atoms with van der Waals surface area (Å²) in [5.74, 6) is 0.463. The van der Waals surface area contributed by atoms with Gasteiger partial charge < -0.3 is 4.74 Å². The Balaban J connectivity index is 2.95. The fourth-order valence-electron chi connectivity index (χ4n) is 1.24. The highest BCUT2D eigenvalue weighted by Gasteiger charge is 2.05. The first-order valence-electron chi connectivity index (χ1n) is 5.02. The molecule has 0 aromatic heterocycles. The van der Waals surface area contributed by atoms with E-state index in [0.29, 0.717) is 11.3 Å². The van der Waals surface area contributed by atoms with Crippen LogP contribution in [0.25, 0.3) is 0 Å². The quantitative estimate of drug-likeness (QED) is 0.262. The van der Waals surface area contributed by atoms with Crippen LogP contribution in [0.2, 0.25) is 0 Å². The van der Waals surface area contributed by atoms with Gasteiger partial charge in [0.1, 0.15) is 5.76 Å². The zero-order valence-electron chi connectivity index (χ0n) is 9.68. The van der Waals surface area contributed by atoms with Crippen LogP contribution in [0.4, 0.5) is 0 Å². The molecule has 1 aromatic rings. The topological polar surface area (TPSA) is 62.4 Å². The van der Waals surface area contributed by atoms with Crippen LogP contribution >= 0.6 is 0 Å². The third kappa shape index (κ3) is 4.31. The van der Waals surface area contributed by atoms with Crippen molar-refractivity contribution in [2.75, 3.05) is 0 Å². The molecular weight excluding hydrogens is 216 g/mol. The summed E-state index contributed by atoms with van der Waals surface area (Å²) in [6, 6.07) is 9.03. The Kier molecular flexibility index (Phi) is 4.64. The highest BCUT2D eigenvalue weighted by molar-refractivity contribution is 5.96. The molecule has 0 N–H and O–H groups in total. The normalized spacial score (nSPS) is 11.8. The molecule has 0 saturated carbocycles. The summed E-state index contributed by atoms with van der Waals surface area (Å²) in [4.78, 5) is 14.5. The Labute approximate surface area is 99.9 Å². The maximum atomic E-state index is 10.9. The monoisotopic (exact) mass is 228 g/mol. The molecule has 0 heterocycles. The predicted octanol–water partition coefficient (Wildman–Crippen LogP) is 2.42. The first-order chi connectivity index (χ1) is 8.13. The number of ether oxygens (including phenoxy) is 1. The van der Waals surface area contributed by atoms with Crippen molar-refractivity contribution in [3.8, 4) is 6.19 Å². The largest absolute Gasteiger partial charge is 0.442 e. The van der Waals surface area contributed by atoms with E-state index in [1.165, 1.54) is 13.0 Å². The molecule has 0 atom stereocenters. The highest BCUT2D eigenvalue weighted by Crippen LogP contribution is 2.07. The lowest BCUT2D eigenvalue weighted by Gasteiger charge is -2.07. The number of rotatable bonds is 3. The van der Waals surface area contributed by atoms with E-state index >= 15 is 0 Å². The summed E-state index contributed by atoms with van der Waals surface area (Å²) in [5.41, 5.74) is 0.686. The van der Waals surface area contributed by atoms with Crippen molar-refractivity contribution in [1.82, 2.24) is 0 Å². The molecule has 4 heteroatoms. The Bertz CT molecular complexity index is 496. The number of allylic oxidation sites excluding steroid dienone is 2. The van der Waals surface area contributed by atoms with Crippen LogP contribution in [0.3, 0.4) is 0 Å². The second-order valence-corrected chi connectivity index (χ2v) is 3.35. The van der Waals surface area contributed by atoms with Gasteiger partial charge in [-0.05, 0) is 26.0 Å². The van der Waals surface area contributed by atoms with Gasteiger partial charge in [0.05, 0.1) is 0 Å². The van der Waals surface area contributed by atoms with Gasteiger partial charge in [-0.2, -0.15) is 5.26 Å². The van der Waals surface area contributed by atoms with Crippen LogP contribution in [0, 0.1) is 11.5 Å². The maximum Gasteiger partial charge on any atom is 0.236 e. The lowest BCUT2D eigenvalue weighted by Crippen LogP contribution is -2.06. The number of ketones is 1. The molecular formula is C13H12N2O2. The van der Waals surface area contributed by atoms with E-state index in [4.69, 9.17) is 10.00 Å². The van der Waals surface area contributed by atoms with E-state index in [0.717, 1.165) is 0 Å². The molecule has 1 rings (SSSR count). The third-order valence-electron chi connectivity index (χ3n) is 1.84.